The van der Waals surface area contributed by atoms with Gasteiger partial charge in [-0.25, -0.2) is 14.8 Å². The van der Waals surface area contributed by atoms with Gasteiger partial charge < -0.3 is 10.6 Å². The number of hydrogen-bond acceptors (Lipinski definition) is 6. The van der Waals surface area contributed by atoms with Crippen molar-refractivity contribution in [3.8, 4) is 0 Å². The van der Waals surface area contributed by atoms with E-state index in [4.69, 9.17) is 23.2 Å². The third kappa shape index (κ3) is 8.01. The molecule has 1 heterocycles. The lowest BCUT2D eigenvalue weighted by Crippen LogP contribution is -2.35. The fourth-order valence-electron chi connectivity index (χ4n) is 2.70. The Morgan fingerprint density at radius 2 is 1.66 bits per heavy atom. The number of alkyl halides is 3. The van der Waals surface area contributed by atoms with Crippen LogP contribution in [0.15, 0.2) is 53.7 Å². The van der Waals surface area contributed by atoms with Gasteiger partial charge in [-0.1, -0.05) is 54.0 Å². The monoisotopic (exact) mass is 543 g/mol. The van der Waals surface area contributed by atoms with Crippen molar-refractivity contribution in [2.24, 2.45) is 0 Å². The Morgan fingerprint density at radius 1 is 0.971 bits per heavy atom. The van der Waals surface area contributed by atoms with Gasteiger partial charge in [0, 0.05) is 17.4 Å². The van der Waals surface area contributed by atoms with E-state index in [1.807, 2.05) is 19.1 Å². The number of rotatable bonds is 7. The van der Waals surface area contributed by atoms with E-state index in [9.17, 15) is 22.8 Å². The average molecular weight is 544 g/mol. The highest BCUT2D eigenvalue weighted by Gasteiger charge is 2.34. The smallest absolute Gasteiger partial charge is 0.340 e. The fourth-order valence-corrected chi connectivity index (χ4v) is 3.66. The lowest BCUT2D eigenvalue weighted by molar-refractivity contribution is -0.141. The average Bonchev–Trinajstić information content (AvgIpc) is 2.80. The van der Waals surface area contributed by atoms with Gasteiger partial charge in [0.05, 0.1) is 15.8 Å². The van der Waals surface area contributed by atoms with Crippen LogP contribution in [0.4, 0.5) is 35.2 Å². The van der Waals surface area contributed by atoms with Crippen LogP contribution < -0.4 is 16.0 Å². The Hall–Kier alpha value is -3.02. The lowest BCUT2D eigenvalue weighted by atomic mass is 10.1. The van der Waals surface area contributed by atoms with Crippen molar-refractivity contribution in [2.45, 2.75) is 24.7 Å². The first-order valence-electron chi connectivity index (χ1n) is 10.0. The number of imide groups is 1. The molecule has 0 saturated carbocycles. The predicted molar refractivity (Wildman–Crippen MR) is 130 cm³/mol. The van der Waals surface area contributed by atoms with E-state index >= 15 is 0 Å². The van der Waals surface area contributed by atoms with Crippen LogP contribution >= 0.6 is 35.0 Å². The molecule has 35 heavy (non-hydrogen) atoms. The minimum atomic E-state index is -4.75. The molecule has 184 valence electrons. The molecule has 7 nitrogen and oxygen atoms in total. The minimum Gasteiger partial charge on any atom is -0.340 e. The Morgan fingerprint density at radius 3 is 2.29 bits per heavy atom. The minimum absolute atomic E-state index is 0.165. The lowest BCUT2D eigenvalue weighted by Gasteiger charge is -2.12. The number of thioether (sulfide) groups is 1. The summed E-state index contributed by atoms with van der Waals surface area (Å²) >= 11 is 12.4. The highest BCUT2D eigenvalue weighted by atomic mass is 35.5. The number of carbonyl (C=O) groups excluding carboxylic acids is 2. The molecule has 3 N–H and O–H groups in total. The molecule has 0 aliphatic heterocycles. The SMILES string of the molecule is CCc1ccc(NC(=O)NC(=O)CSc2nc(Nc3ccc(Cl)c(Cl)c3)cc(C(F)(F)F)n2)cc1. The maximum atomic E-state index is 13.3. The van der Waals surface area contributed by atoms with Crippen molar-refractivity contribution < 1.29 is 22.8 Å². The third-order valence-corrected chi connectivity index (χ3v) is 5.98. The van der Waals surface area contributed by atoms with Crippen LogP contribution in [0, 0.1) is 0 Å². The van der Waals surface area contributed by atoms with E-state index < -0.39 is 29.6 Å². The molecule has 3 rings (SSSR count). The molecule has 3 amide bonds. The summed E-state index contributed by atoms with van der Waals surface area (Å²) in [5.41, 5.74) is 0.715. The summed E-state index contributed by atoms with van der Waals surface area (Å²) in [6.07, 6.45) is -3.91. The number of anilines is 3. The second-order valence-electron chi connectivity index (χ2n) is 7.01. The van der Waals surface area contributed by atoms with Crippen molar-refractivity contribution >= 4 is 64.1 Å². The van der Waals surface area contributed by atoms with Crippen molar-refractivity contribution in [1.29, 1.82) is 0 Å². The number of carbonyl (C=O) groups is 2. The maximum Gasteiger partial charge on any atom is 0.433 e. The molecular weight excluding hydrogens is 526 g/mol. The number of halogens is 5. The Bertz CT molecular complexity index is 1230. The fraction of sp³-hybridized carbons (Fsp3) is 0.182. The summed E-state index contributed by atoms with van der Waals surface area (Å²) in [6, 6.07) is 11.4. The first kappa shape index (κ1) is 26.6. The number of benzene rings is 2. The normalized spacial score (nSPS) is 11.1. The summed E-state index contributed by atoms with van der Waals surface area (Å²) in [5, 5.41) is 7.49. The topological polar surface area (TPSA) is 96.0 Å². The van der Waals surface area contributed by atoms with Crippen LogP contribution in [-0.4, -0.2) is 27.7 Å². The van der Waals surface area contributed by atoms with Gasteiger partial charge in [0.1, 0.15) is 5.82 Å². The number of hydrogen-bond donors (Lipinski definition) is 3. The molecule has 0 atom stereocenters. The van der Waals surface area contributed by atoms with Gasteiger partial charge in [-0.2, -0.15) is 13.2 Å². The molecule has 0 fully saturated rings. The van der Waals surface area contributed by atoms with E-state index in [0.717, 1.165) is 18.1 Å². The molecule has 1 aromatic heterocycles. The summed E-state index contributed by atoms with van der Waals surface area (Å²) < 4.78 is 40.0. The zero-order valence-electron chi connectivity index (χ0n) is 18.0. The highest BCUT2D eigenvalue weighted by molar-refractivity contribution is 7.99. The van der Waals surface area contributed by atoms with Crippen LogP contribution in [0.5, 0.6) is 0 Å². The van der Waals surface area contributed by atoms with Crippen LogP contribution in [0.3, 0.4) is 0 Å². The second-order valence-corrected chi connectivity index (χ2v) is 8.77. The van der Waals surface area contributed by atoms with E-state index in [0.29, 0.717) is 23.1 Å². The van der Waals surface area contributed by atoms with Gasteiger partial charge in [0.15, 0.2) is 10.9 Å². The first-order chi connectivity index (χ1) is 16.5. The van der Waals surface area contributed by atoms with Gasteiger partial charge in [-0.05, 0) is 42.3 Å². The van der Waals surface area contributed by atoms with Gasteiger partial charge >= 0.3 is 12.2 Å². The number of aryl methyl sites for hydroxylation is 1. The molecule has 0 spiro atoms. The van der Waals surface area contributed by atoms with Crippen LogP contribution in [0.2, 0.25) is 10.0 Å². The Labute approximate surface area is 212 Å². The number of nitrogens with one attached hydrogen (secondary N) is 3. The van der Waals surface area contributed by atoms with Crippen LogP contribution in [0.25, 0.3) is 0 Å². The van der Waals surface area contributed by atoms with Crippen LogP contribution in [-0.2, 0) is 17.4 Å². The van der Waals surface area contributed by atoms with Gasteiger partial charge in [-0.15, -0.1) is 0 Å². The first-order valence-corrected chi connectivity index (χ1v) is 11.8. The van der Waals surface area contributed by atoms with Crippen molar-refractivity contribution in [1.82, 2.24) is 15.3 Å². The molecule has 0 bridgehead atoms. The van der Waals surface area contributed by atoms with Crippen LogP contribution in [0.1, 0.15) is 18.2 Å². The quantitative estimate of drug-likeness (QED) is 0.231. The summed E-state index contributed by atoms with van der Waals surface area (Å²) in [5.74, 6) is -1.30. The van der Waals surface area contributed by atoms with Crippen molar-refractivity contribution in [3.05, 3.63) is 69.8 Å². The van der Waals surface area contributed by atoms with Crippen molar-refractivity contribution in [3.63, 3.8) is 0 Å². The largest absolute Gasteiger partial charge is 0.433 e. The number of aromatic nitrogens is 2. The Kier molecular flexibility index (Phi) is 8.82. The maximum absolute atomic E-state index is 13.3. The van der Waals surface area contributed by atoms with E-state index in [1.165, 1.54) is 18.2 Å². The summed E-state index contributed by atoms with van der Waals surface area (Å²) in [7, 11) is 0. The van der Waals surface area contributed by atoms with Crippen molar-refractivity contribution in [2.75, 3.05) is 16.4 Å². The Balaban J connectivity index is 1.65. The molecule has 0 aliphatic rings. The second kappa shape index (κ2) is 11.6. The van der Waals surface area contributed by atoms with E-state index in [1.54, 1.807) is 12.1 Å². The number of nitrogens with zero attached hydrogens (tertiary/aromatic N) is 2. The van der Waals surface area contributed by atoms with E-state index in [2.05, 4.69) is 25.9 Å². The molecule has 13 heteroatoms. The molecule has 0 saturated heterocycles. The molecule has 0 radical (unpaired) electrons. The summed E-state index contributed by atoms with van der Waals surface area (Å²) in [6.45, 7) is 1.99. The predicted octanol–water partition coefficient (Wildman–Crippen LogP) is 6.55. The molecular formula is C22H18Cl2F3N5O2S. The number of urea groups is 1. The zero-order chi connectivity index (χ0) is 25.6. The third-order valence-electron chi connectivity index (χ3n) is 4.39. The zero-order valence-corrected chi connectivity index (χ0v) is 20.4. The van der Waals surface area contributed by atoms with Gasteiger partial charge in [0.2, 0.25) is 5.91 Å². The molecule has 3 aromatic rings. The standard InChI is InChI=1S/C22H18Cl2F3N5O2S/c1-2-12-3-5-13(6-4-12)29-20(34)32-19(33)11-35-21-30-17(22(25,26)27)10-18(31-21)28-14-7-8-15(23)16(24)9-14/h3-10H,2,11H2,1H3,(H,28,30,31)(H2,29,32,33,34). The number of amides is 3. The molecule has 2 aromatic carbocycles. The van der Waals surface area contributed by atoms with Gasteiger partial charge in [0.25, 0.3) is 0 Å². The highest BCUT2D eigenvalue weighted by Crippen LogP contribution is 2.32. The molecule has 0 unspecified atom stereocenters. The van der Waals surface area contributed by atoms with Gasteiger partial charge in [-0.3, -0.25) is 10.1 Å². The summed E-state index contributed by atoms with van der Waals surface area (Å²) in [4.78, 5) is 31.6. The molecule has 0 aliphatic carbocycles. The van der Waals surface area contributed by atoms with E-state index in [-0.39, 0.29) is 21.0 Å².